The number of nitrogens with zero attached hydrogens (tertiary/aromatic N) is 1. The van der Waals surface area contributed by atoms with Crippen LogP contribution in [0.3, 0.4) is 0 Å². The molecule has 2 N–H and O–H groups in total. The highest BCUT2D eigenvalue weighted by atomic mass is 127. The molecule has 0 bridgehead atoms. The summed E-state index contributed by atoms with van der Waals surface area (Å²) in [5.41, 5.74) is 1.01. The Morgan fingerprint density at radius 2 is 1.88 bits per heavy atom. The van der Waals surface area contributed by atoms with Crippen molar-refractivity contribution < 1.29 is 14.2 Å². The van der Waals surface area contributed by atoms with E-state index >= 15 is 0 Å². The van der Waals surface area contributed by atoms with Crippen LogP contribution in [0.5, 0.6) is 11.5 Å². The van der Waals surface area contributed by atoms with Gasteiger partial charge in [0.05, 0.1) is 27.4 Å². The molecule has 0 saturated heterocycles. The second kappa shape index (κ2) is 14.9. The Bertz CT molecular complexity index is 525. The zero-order valence-electron chi connectivity index (χ0n) is 16.6. The maximum atomic E-state index is 5.62. The van der Waals surface area contributed by atoms with Gasteiger partial charge in [-0.2, -0.15) is 0 Å². The molecule has 0 radical (unpaired) electrons. The first-order valence-electron chi connectivity index (χ1n) is 8.91. The molecule has 0 saturated carbocycles. The predicted octanol–water partition coefficient (Wildman–Crippen LogP) is 3.44. The van der Waals surface area contributed by atoms with E-state index in [2.05, 4.69) is 29.5 Å². The zero-order chi connectivity index (χ0) is 18.5. The highest BCUT2D eigenvalue weighted by Crippen LogP contribution is 2.25. The topological polar surface area (TPSA) is 64.1 Å². The van der Waals surface area contributed by atoms with Crippen LogP contribution in [0.2, 0.25) is 0 Å². The van der Waals surface area contributed by atoms with Gasteiger partial charge in [0, 0.05) is 31.3 Å². The molecule has 1 aromatic rings. The van der Waals surface area contributed by atoms with Gasteiger partial charge in [-0.25, -0.2) is 4.99 Å². The SMILES string of the molecule is CCNC(=NCc1ccc(OC)cc1OC)NCCOCCC(C)C.I. The molecule has 6 nitrogen and oxygen atoms in total. The highest BCUT2D eigenvalue weighted by molar-refractivity contribution is 14.0. The Labute approximate surface area is 175 Å². The van der Waals surface area contributed by atoms with Gasteiger partial charge in [-0.3, -0.25) is 0 Å². The van der Waals surface area contributed by atoms with Gasteiger partial charge in [-0.15, -0.1) is 24.0 Å². The molecule has 0 aromatic heterocycles. The van der Waals surface area contributed by atoms with Gasteiger partial charge in [0.2, 0.25) is 0 Å². The van der Waals surface area contributed by atoms with Crippen molar-refractivity contribution in [2.24, 2.45) is 10.9 Å². The van der Waals surface area contributed by atoms with Gasteiger partial charge >= 0.3 is 0 Å². The minimum atomic E-state index is 0. The number of halogens is 1. The van der Waals surface area contributed by atoms with Crippen LogP contribution in [0.4, 0.5) is 0 Å². The van der Waals surface area contributed by atoms with E-state index < -0.39 is 0 Å². The Balaban J connectivity index is 0.00000625. The van der Waals surface area contributed by atoms with Crippen molar-refractivity contribution in [1.82, 2.24) is 10.6 Å². The van der Waals surface area contributed by atoms with Gasteiger partial charge in [0.1, 0.15) is 11.5 Å². The predicted molar refractivity (Wildman–Crippen MR) is 118 cm³/mol. The first-order chi connectivity index (χ1) is 12.1. The van der Waals surface area contributed by atoms with Crippen molar-refractivity contribution in [3.05, 3.63) is 23.8 Å². The number of methoxy groups -OCH3 is 2. The molecule has 0 spiro atoms. The number of benzene rings is 1. The molecule has 0 fully saturated rings. The second-order valence-electron chi connectivity index (χ2n) is 6.09. The molecule has 0 aliphatic rings. The highest BCUT2D eigenvalue weighted by Gasteiger charge is 2.05. The lowest BCUT2D eigenvalue weighted by Gasteiger charge is -2.13. The summed E-state index contributed by atoms with van der Waals surface area (Å²) in [6.45, 7) is 9.97. The maximum Gasteiger partial charge on any atom is 0.191 e. The van der Waals surface area contributed by atoms with E-state index in [1.807, 2.05) is 25.1 Å². The number of hydrogen-bond donors (Lipinski definition) is 2. The lowest BCUT2D eigenvalue weighted by molar-refractivity contribution is 0.128. The summed E-state index contributed by atoms with van der Waals surface area (Å²) in [4.78, 5) is 4.61. The molecule has 0 atom stereocenters. The molecule has 26 heavy (non-hydrogen) atoms. The van der Waals surface area contributed by atoms with E-state index in [4.69, 9.17) is 14.2 Å². The van der Waals surface area contributed by atoms with Crippen LogP contribution >= 0.6 is 24.0 Å². The fraction of sp³-hybridized carbons (Fsp3) is 0.632. The number of ether oxygens (including phenoxy) is 3. The second-order valence-corrected chi connectivity index (χ2v) is 6.09. The maximum absolute atomic E-state index is 5.62. The van der Waals surface area contributed by atoms with Crippen LogP contribution < -0.4 is 20.1 Å². The van der Waals surface area contributed by atoms with Crippen molar-refractivity contribution >= 4 is 29.9 Å². The van der Waals surface area contributed by atoms with E-state index in [9.17, 15) is 0 Å². The van der Waals surface area contributed by atoms with Crippen LogP contribution in [0.15, 0.2) is 23.2 Å². The average molecular weight is 479 g/mol. The summed E-state index contributed by atoms with van der Waals surface area (Å²) in [7, 11) is 3.29. The standard InChI is InChI=1S/C19H33N3O3.HI/c1-6-20-19(21-10-12-25-11-9-15(2)3)22-14-16-7-8-17(23-4)13-18(16)24-5;/h7-8,13,15H,6,9-12,14H2,1-5H3,(H2,20,21,22);1H. The smallest absolute Gasteiger partial charge is 0.191 e. The van der Waals surface area contributed by atoms with Crippen molar-refractivity contribution in [2.75, 3.05) is 40.5 Å². The Morgan fingerprint density at radius 3 is 2.50 bits per heavy atom. The molecule has 150 valence electrons. The van der Waals surface area contributed by atoms with Crippen LogP contribution in [0.25, 0.3) is 0 Å². The lowest BCUT2D eigenvalue weighted by Crippen LogP contribution is -2.39. The van der Waals surface area contributed by atoms with E-state index in [0.717, 1.165) is 49.1 Å². The molecule has 7 heteroatoms. The van der Waals surface area contributed by atoms with Crippen molar-refractivity contribution in [2.45, 2.75) is 33.7 Å². The average Bonchev–Trinajstić information content (AvgIpc) is 2.61. The molecule has 0 aliphatic heterocycles. The molecule has 1 rings (SSSR count). The summed E-state index contributed by atoms with van der Waals surface area (Å²) in [5.74, 6) is 2.99. The summed E-state index contributed by atoms with van der Waals surface area (Å²) in [6, 6.07) is 5.75. The first-order valence-corrected chi connectivity index (χ1v) is 8.91. The third kappa shape index (κ3) is 10.1. The molecule has 0 aliphatic carbocycles. The first kappa shape index (κ1) is 24.8. The summed E-state index contributed by atoms with van der Waals surface area (Å²) in [6.07, 6.45) is 1.09. The van der Waals surface area contributed by atoms with Crippen LogP contribution in [0.1, 0.15) is 32.8 Å². The molecular weight excluding hydrogens is 445 g/mol. The van der Waals surface area contributed by atoms with Crippen molar-refractivity contribution in [3.8, 4) is 11.5 Å². The molecule has 1 aromatic carbocycles. The number of hydrogen-bond acceptors (Lipinski definition) is 4. The van der Waals surface area contributed by atoms with Crippen LogP contribution in [-0.4, -0.2) is 46.5 Å². The van der Waals surface area contributed by atoms with Crippen molar-refractivity contribution in [3.63, 3.8) is 0 Å². The minimum absolute atomic E-state index is 0. The Hall–Kier alpha value is -1.22. The monoisotopic (exact) mass is 479 g/mol. The van der Waals surface area contributed by atoms with Gasteiger partial charge in [0.15, 0.2) is 5.96 Å². The van der Waals surface area contributed by atoms with E-state index in [0.29, 0.717) is 19.1 Å². The minimum Gasteiger partial charge on any atom is -0.497 e. The van der Waals surface area contributed by atoms with Gasteiger partial charge < -0.3 is 24.8 Å². The fourth-order valence-corrected chi connectivity index (χ4v) is 2.15. The summed E-state index contributed by atoms with van der Waals surface area (Å²) in [5, 5.41) is 6.53. The third-order valence-corrected chi connectivity index (χ3v) is 3.62. The normalized spacial score (nSPS) is 11.1. The fourth-order valence-electron chi connectivity index (χ4n) is 2.15. The molecule has 0 heterocycles. The van der Waals surface area contributed by atoms with E-state index in [1.54, 1.807) is 14.2 Å². The number of nitrogens with one attached hydrogen (secondary N) is 2. The number of rotatable bonds is 11. The summed E-state index contributed by atoms with van der Waals surface area (Å²) < 4.78 is 16.3. The third-order valence-electron chi connectivity index (χ3n) is 3.62. The molecular formula is C19H34IN3O3. The number of aliphatic imine (C=N–C) groups is 1. The number of guanidine groups is 1. The molecule has 0 amide bonds. The largest absolute Gasteiger partial charge is 0.497 e. The van der Waals surface area contributed by atoms with E-state index in [1.165, 1.54) is 0 Å². The quantitative estimate of drug-likeness (QED) is 0.220. The van der Waals surface area contributed by atoms with Crippen molar-refractivity contribution in [1.29, 1.82) is 0 Å². The Morgan fingerprint density at radius 1 is 1.12 bits per heavy atom. The zero-order valence-corrected chi connectivity index (χ0v) is 19.0. The molecule has 0 unspecified atom stereocenters. The summed E-state index contributed by atoms with van der Waals surface area (Å²) >= 11 is 0. The van der Waals surface area contributed by atoms with Gasteiger partial charge in [0.25, 0.3) is 0 Å². The van der Waals surface area contributed by atoms with Gasteiger partial charge in [-0.05, 0) is 31.4 Å². The lowest BCUT2D eigenvalue weighted by atomic mass is 10.1. The van der Waals surface area contributed by atoms with Gasteiger partial charge in [-0.1, -0.05) is 13.8 Å². The van der Waals surface area contributed by atoms with Crippen LogP contribution in [-0.2, 0) is 11.3 Å². The van der Waals surface area contributed by atoms with Crippen LogP contribution in [0, 0.1) is 5.92 Å². The van der Waals surface area contributed by atoms with E-state index in [-0.39, 0.29) is 24.0 Å². The Kier molecular flexibility index (Phi) is 14.2.